The van der Waals surface area contributed by atoms with E-state index >= 15 is 0 Å². The summed E-state index contributed by atoms with van der Waals surface area (Å²) in [6.07, 6.45) is 3.75. The van der Waals surface area contributed by atoms with Crippen molar-refractivity contribution in [2.45, 2.75) is 32.4 Å². The minimum atomic E-state index is -0.127. The van der Waals surface area contributed by atoms with E-state index in [2.05, 4.69) is 30.8 Å². The standard InChI is InChI=1S/C15H17N7O/c1-2-22-14(16-8-17-22)13(9-3-4-9)18-15(23)10-5-6-11-12(7-10)20-21-19-11/h5-9,13H,2-4H2,1H3,(H,18,23)(H,19,20,21)/t13-/m1/s1. The van der Waals surface area contributed by atoms with Crippen LogP contribution in [0.5, 0.6) is 0 Å². The van der Waals surface area contributed by atoms with E-state index < -0.39 is 0 Å². The Bertz CT molecular complexity index is 848. The number of rotatable bonds is 5. The van der Waals surface area contributed by atoms with E-state index in [9.17, 15) is 4.79 Å². The molecule has 1 saturated carbocycles. The quantitative estimate of drug-likeness (QED) is 0.742. The lowest BCUT2D eigenvalue weighted by atomic mass is 10.1. The third-order valence-corrected chi connectivity index (χ3v) is 4.18. The lowest BCUT2D eigenvalue weighted by Gasteiger charge is -2.18. The van der Waals surface area contributed by atoms with Gasteiger partial charge in [-0.1, -0.05) is 0 Å². The first-order valence-electron chi connectivity index (χ1n) is 7.75. The van der Waals surface area contributed by atoms with Gasteiger partial charge in [-0.25, -0.2) is 9.67 Å². The molecule has 0 bridgehead atoms. The molecule has 1 aliphatic rings. The van der Waals surface area contributed by atoms with Crippen molar-refractivity contribution in [1.29, 1.82) is 0 Å². The summed E-state index contributed by atoms with van der Waals surface area (Å²) >= 11 is 0. The van der Waals surface area contributed by atoms with Crippen LogP contribution in [0, 0.1) is 5.92 Å². The van der Waals surface area contributed by atoms with Crippen LogP contribution in [0.3, 0.4) is 0 Å². The average Bonchev–Trinajstić information content (AvgIpc) is 3.12. The molecule has 118 valence electrons. The number of aryl methyl sites for hydroxylation is 1. The van der Waals surface area contributed by atoms with Crippen LogP contribution >= 0.6 is 0 Å². The number of carbonyl (C=O) groups excluding carboxylic acids is 1. The number of benzene rings is 1. The number of aromatic amines is 1. The topological polar surface area (TPSA) is 101 Å². The maximum atomic E-state index is 12.6. The molecule has 1 atom stereocenters. The van der Waals surface area contributed by atoms with Crippen LogP contribution < -0.4 is 5.32 Å². The van der Waals surface area contributed by atoms with Gasteiger partial charge < -0.3 is 5.32 Å². The molecule has 2 aromatic heterocycles. The molecule has 1 aromatic carbocycles. The van der Waals surface area contributed by atoms with Crippen molar-refractivity contribution in [3.63, 3.8) is 0 Å². The molecule has 0 saturated heterocycles. The molecule has 0 aliphatic heterocycles. The Kier molecular flexibility index (Phi) is 3.29. The fourth-order valence-electron chi connectivity index (χ4n) is 2.79. The van der Waals surface area contributed by atoms with E-state index in [0.717, 1.165) is 30.7 Å². The number of hydrogen-bond acceptors (Lipinski definition) is 5. The zero-order valence-electron chi connectivity index (χ0n) is 12.7. The lowest BCUT2D eigenvalue weighted by molar-refractivity contribution is 0.0928. The molecular weight excluding hydrogens is 294 g/mol. The molecule has 1 amide bonds. The van der Waals surface area contributed by atoms with Crippen molar-refractivity contribution in [3.8, 4) is 0 Å². The number of hydrogen-bond donors (Lipinski definition) is 2. The van der Waals surface area contributed by atoms with Crippen molar-refractivity contribution in [2.24, 2.45) is 5.92 Å². The average molecular weight is 311 g/mol. The summed E-state index contributed by atoms with van der Waals surface area (Å²) in [7, 11) is 0. The molecule has 8 nitrogen and oxygen atoms in total. The van der Waals surface area contributed by atoms with Crippen LogP contribution in [0.1, 0.15) is 42.0 Å². The summed E-state index contributed by atoms with van der Waals surface area (Å²) in [5.74, 6) is 1.13. The monoisotopic (exact) mass is 311 g/mol. The summed E-state index contributed by atoms with van der Waals surface area (Å²) in [5.41, 5.74) is 1.99. The largest absolute Gasteiger partial charge is 0.342 e. The smallest absolute Gasteiger partial charge is 0.251 e. The van der Waals surface area contributed by atoms with Crippen molar-refractivity contribution in [3.05, 3.63) is 35.9 Å². The van der Waals surface area contributed by atoms with Gasteiger partial charge in [0.15, 0.2) is 0 Å². The Hall–Kier alpha value is -2.77. The normalized spacial score (nSPS) is 15.7. The molecule has 23 heavy (non-hydrogen) atoms. The fraction of sp³-hybridized carbons (Fsp3) is 0.400. The SMILES string of the molecule is CCn1ncnc1[C@H](NC(=O)c1ccc2n[nH]nc2c1)C1CC1. The van der Waals surface area contributed by atoms with Crippen LogP contribution in [0.25, 0.3) is 11.0 Å². The second-order valence-electron chi connectivity index (χ2n) is 5.75. The highest BCUT2D eigenvalue weighted by Gasteiger charge is 2.36. The zero-order valence-corrected chi connectivity index (χ0v) is 12.7. The molecule has 2 heterocycles. The van der Waals surface area contributed by atoms with Crippen molar-refractivity contribution in [1.82, 2.24) is 35.5 Å². The van der Waals surface area contributed by atoms with Crippen molar-refractivity contribution in [2.75, 3.05) is 0 Å². The number of H-pyrrole nitrogens is 1. The molecule has 3 aromatic rings. The summed E-state index contributed by atoms with van der Waals surface area (Å²) in [4.78, 5) is 17.0. The molecular formula is C15H17N7O. The van der Waals surface area contributed by atoms with Crippen LogP contribution in [0.4, 0.5) is 0 Å². The Labute approximate surface area is 132 Å². The van der Waals surface area contributed by atoms with Crippen LogP contribution in [-0.4, -0.2) is 36.1 Å². The Balaban J connectivity index is 1.60. The molecule has 0 unspecified atom stereocenters. The second kappa shape index (κ2) is 5.45. The molecule has 2 N–H and O–H groups in total. The molecule has 0 spiro atoms. The van der Waals surface area contributed by atoms with Gasteiger partial charge in [0, 0.05) is 12.1 Å². The third kappa shape index (κ3) is 2.56. The number of carbonyl (C=O) groups is 1. The number of nitrogens with one attached hydrogen (secondary N) is 2. The first-order valence-corrected chi connectivity index (χ1v) is 7.75. The minimum Gasteiger partial charge on any atom is -0.342 e. The van der Waals surface area contributed by atoms with Crippen LogP contribution in [0.2, 0.25) is 0 Å². The highest BCUT2D eigenvalue weighted by molar-refractivity contribution is 5.97. The van der Waals surface area contributed by atoms with Gasteiger partial charge in [-0.2, -0.15) is 20.5 Å². The number of amides is 1. The maximum absolute atomic E-state index is 12.6. The van der Waals surface area contributed by atoms with Crippen molar-refractivity contribution >= 4 is 16.9 Å². The fourth-order valence-corrected chi connectivity index (χ4v) is 2.79. The van der Waals surface area contributed by atoms with Gasteiger partial charge in [-0.3, -0.25) is 4.79 Å². The Morgan fingerprint density at radius 1 is 1.39 bits per heavy atom. The summed E-state index contributed by atoms with van der Waals surface area (Å²) in [5, 5.41) is 17.9. The number of aromatic nitrogens is 6. The molecule has 8 heteroatoms. The Morgan fingerprint density at radius 3 is 3.00 bits per heavy atom. The van der Waals surface area contributed by atoms with E-state index in [1.807, 2.05) is 11.6 Å². The van der Waals surface area contributed by atoms with Gasteiger partial charge in [0.1, 0.15) is 23.2 Å². The predicted molar refractivity (Wildman–Crippen MR) is 82.5 cm³/mol. The van der Waals surface area contributed by atoms with Gasteiger partial charge in [-0.15, -0.1) is 0 Å². The van der Waals surface area contributed by atoms with E-state index in [1.54, 1.807) is 24.5 Å². The molecule has 1 aliphatic carbocycles. The highest BCUT2D eigenvalue weighted by Crippen LogP contribution is 2.40. The molecule has 0 radical (unpaired) electrons. The minimum absolute atomic E-state index is 0.0991. The van der Waals surface area contributed by atoms with Gasteiger partial charge in [0.05, 0.1) is 6.04 Å². The lowest BCUT2D eigenvalue weighted by Crippen LogP contribution is -2.32. The highest BCUT2D eigenvalue weighted by atomic mass is 16.1. The van der Waals surface area contributed by atoms with E-state index in [1.165, 1.54) is 0 Å². The maximum Gasteiger partial charge on any atom is 0.251 e. The molecule has 4 rings (SSSR count). The van der Waals surface area contributed by atoms with Crippen molar-refractivity contribution < 1.29 is 4.79 Å². The summed E-state index contributed by atoms with van der Waals surface area (Å²) < 4.78 is 1.84. The van der Waals surface area contributed by atoms with E-state index in [-0.39, 0.29) is 11.9 Å². The summed E-state index contributed by atoms with van der Waals surface area (Å²) in [6, 6.07) is 5.18. The summed E-state index contributed by atoms with van der Waals surface area (Å²) in [6.45, 7) is 2.75. The van der Waals surface area contributed by atoms with Crippen LogP contribution in [-0.2, 0) is 6.54 Å². The third-order valence-electron chi connectivity index (χ3n) is 4.18. The number of nitrogens with zero attached hydrogens (tertiary/aromatic N) is 5. The second-order valence-corrected chi connectivity index (χ2v) is 5.75. The first kappa shape index (κ1) is 13.9. The van der Waals surface area contributed by atoms with Gasteiger partial charge in [-0.05, 0) is 43.9 Å². The zero-order chi connectivity index (χ0) is 15.8. The van der Waals surface area contributed by atoms with Crippen LogP contribution in [0.15, 0.2) is 24.5 Å². The number of fused-ring (bicyclic) bond motifs is 1. The van der Waals surface area contributed by atoms with Gasteiger partial charge in [0.2, 0.25) is 0 Å². The first-order chi connectivity index (χ1) is 11.3. The van der Waals surface area contributed by atoms with E-state index in [4.69, 9.17) is 0 Å². The van der Waals surface area contributed by atoms with Gasteiger partial charge in [0.25, 0.3) is 5.91 Å². The predicted octanol–water partition coefficient (Wildman–Crippen LogP) is 1.45. The van der Waals surface area contributed by atoms with Gasteiger partial charge >= 0.3 is 0 Å². The Morgan fingerprint density at radius 2 is 2.22 bits per heavy atom. The van der Waals surface area contributed by atoms with E-state index in [0.29, 0.717) is 17.0 Å². The molecule has 1 fully saturated rings.